The van der Waals surface area contributed by atoms with Gasteiger partial charge in [0.05, 0.1) is 0 Å². The second-order valence-corrected chi connectivity index (χ2v) is 4.98. The minimum Gasteiger partial charge on any atom is -0.329 e. The number of hydrogen-bond acceptors (Lipinski definition) is 4. The van der Waals surface area contributed by atoms with Crippen LogP contribution < -0.4 is 5.73 Å². The molecular weight excluding hydrogens is 188 g/mol. The summed E-state index contributed by atoms with van der Waals surface area (Å²) in [5, 5.41) is 0. The van der Waals surface area contributed by atoms with Crippen molar-refractivity contribution in [3.8, 4) is 0 Å². The zero-order valence-electron chi connectivity index (χ0n) is 10.6. The van der Waals surface area contributed by atoms with Crippen LogP contribution in [0.1, 0.15) is 6.92 Å². The van der Waals surface area contributed by atoms with E-state index >= 15 is 0 Å². The van der Waals surface area contributed by atoms with Crippen LogP contribution in [0.5, 0.6) is 0 Å². The van der Waals surface area contributed by atoms with Crippen molar-refractivity contribution in [3.05, 3.63) is 0 Å². The summed E-state index contributed by atoms with van der Waals surface area (Å²) in [6.45, 7) is 7.55. The van der Waals surface area contributed by atoms with Crippen molar-refractivity contribution in [3.63, 3.8) is 0 Å². The Labute approximate surface area is 94.0 Å². The number of likely N-dealkylation sites (N-methyl/N-ethyl adjacent to an activating group) is 2. The summed E-state index contributed by atoms with van der Waals surface area (Å²) < 4.78 is 0. The SMILES string of the molecule is CC1CN(CCN(C)C)C(CN)CN1C. The predicted octanol–water partition coefficient (Wildman–Crippen LogP) is -0.489. The highest BCUT2D eigenvalue weighted by atomic mass is 15.3. The molecule has 0 saturated carbocycles. The minimum atomic E-state index is 0.533. The van der Waals surface area contributed by atoms with E-state index in [4.69, 9.17) is 5.73 Å². The molecule has 1 saturated heterocycles. The molecule has 1 aliphatic rings. The van der Waals surface area contributed by atoms with Crippen LogP contribution in [0.4, 0.5) is 0 Å². The standard InChI is InChI=1S/C11H26N4/c1-10-8-15(6-5-13(2)3)11(7-12)9-14(10)4/h10-11H,5-9,12H2,1-4H3. The molecule has 0 aliphatic carbocycles. The molecule has 0 bridgehead atoms. The molecule has 2 unspecified atom stereocenters. The van der Waals surface area contributed by atoms with Crippen LogP contribution in [-0.2, 0) is 0 Å². The monoisotopic (exact) mass is 214 g/mol. The van der Waals surface area contributed by atoms with Crippen LogP contribution in [0, 0.1) is 0 Å². The Morgan fingerprint density at radius 3 is 2.53 bits per heavy atom. The maximum Gasteiger partial charge on any atom is 0.0346 e. The Morgan fingerprint density at radius 2 is 2.00 bits per heavy atom. The zero-order valence-corrected chi connectivity index (χ0v) is 10.6. The first kappa shape index (κ1) is 12.9. The van der Waals surface area contributed by atoms with E-state index in [1.165, 1.54) is 0 Å². The topological polar surface area (TPSA) is 35.7 Å². The first-order chi connectivity index (χ1) is 7.04. The second-order valence-electron chi connectivity index (χ2n) is 4.98. The summed E-state index contributed by atoms with van der Waals surface area (Å²) in [7, 11) is 6.44. The molecule has 0 aromatic rings. The van der Waals surface area contributed by atoms with Crippen molar-refractivity contribution in [1.29, 1.82) is 0 Å². The number of piperazine rings is 1. The maximum atomic E-state index is 5.83. The van der Waals surface area contributed by atoms with Crippen molar-refractivity contribution in [1.82, 2.24) is 14.7 Å². The van der Waals surface area contributed by atoms with E-state index in [1.54, 1.807) is 0 Å². The molecule has 0 radical (unpaired) electrons. The Balaban J connectivity index is 2.45. The third-order valence-electron chi connectivity index (χ3n) is 3.37. The summed E-state index contributed by atoms with van der Waals surface area (Å²) in [6, 6.07) is 1.18. The van der Waals surface area contributed by atoms with Gasteiger partial charge in [0.15, 0.2) is 0 Å². The molecule has 15 heavy (non-hydrogen) atoms. The van der Waals surface area contributed by atoms with Crippen molar-refractivity contribution in [2.45, 2.75) is 19.0 Å². The average molecular weight is 214 g/mol. The van der Waals surface area contributed by atoms with Gasteiger partial charge in [0.25, 0.3) is 0 Å². The summed E-state index contributed by atoms with van der Waals surface area (Å²) in [5.74, 6) is 0. The van der Waals surface area contributed by atoms with Crippen molar-refractivity contribution >= 4 is 0 Å². The van der Waals surface area contributed by atoms with Gasteiger partial charge in [0.2, 0.25) is 0 Å². The lowest BCUT2D eigenvalue weighted by molar-refractivity contribution is 0.0513. The third kappa shape index (κ3) is 3.72. The molecule has 4 heteroatoms. The van der Waals surface area contributed by atoms with Crippen LogP contribution >= 0.6 is 0 Å². The van der Waals surface area contributed by atoms with Crippen LogP contribution in [0.2, 0.25) is 0 Å². The fourth-order valence-electron chi connectivity index (χ4n) is 2.08. The van der Waals surface area contributed by atoms with Gasteiger partial charge in [-0.15, -0.1) is 0 Å². The van der Waals surface area contributed by atoms with E-state index < -0.39 is 0 Å². The van der Waals surface area contributed by atoms with Gasteiger partial charge < -0.3 is 15.5 Å². The predicted molar refractivity (Wildman–Crippen MR) is 65.1 cm³/mol. The molecule has 1 fully saturated rings. The lowest BCUT2D eigenvalue weighted by Gasteiger charge is -2.43. The van der Waals surface area contributed by atoms with Crippen LogP contribution in [0.25, 0.3) is 0 Å². The largest absolute Gasteiger partial charge is 0.329 e. The normalized spacial score (nSPS) is 30.0. The maximum absolute atomic E-state index is 5.83. The third-order valence-corrected chi connectivity index (χ3v) is 3.37. The lowest BCUT2D eigenvalue weighted by atomic mass is 10.1. The van der Waals surface area contributed by atoms with Crippen molar-refractivity contribution < 1.29 is 0 Å². The molecule has 2 N–H and O–H groups in total. The fourth-order valence-corrected chi connectivity index (χ4v) is 2.08. The van der Waals surface area contributed by atoms with Gasteiger partial charge >= 0.3 is 0 Å². The molecule has 1 heterocycles. The molecule has 1 aliphatic heterocycles. The highest BCUT2D eigenvalue weighted by Crippen LogP contribution is 2.12. The molecule has 4 nitrogen and oxygen atoms in total. The molecule has 1 rings (SSSR count). The highest BCUT2D eigenvalue weighted by Gasteiger charge is 2.28. The molecule has 90 valence electrons. The van der Waals surface area contributed by atoms with E-state index in [2.05, 4.69) is 42.8 Å². The first-order valence-corrected chi connectivity index (χ1v) is 5.83. The molecule has 0 aromatic carbocycles. The first-order valence-electron chi connectivity index (χ1n) is 5.83. The highest BCUT2D eigenvalue weighted by molar-refractivity contribution is 4.85. The second kappa shape index (κ2) is 5.80. The van der Waals surface area contributed by atoms with Gasteiger partial charge in [-0.25, -0.2) is 0 Å². The van der Waals surface area contributed by atoms with Crippen LogP contribution in [0.3, 0.4) is 0 Å². The van der Waals surface area contributed by atoms with E-state index in [-0.39, 0.29) is 0 Å². The van der Waals surface area contributed by atoms with Gasteiger partial charge in [0, 0.05) is 44.8 Å². The van der Waals surface area contributed by atoms with Crippen LogP contribution in [0.15, 0.2) is 0 Å². The van der Waals surface area contributed by atoms with Gasteiger partial charge in [-0.3, -0.25) is 4.90 Å². The smallest absolute Gasteiger partial charge is 0.0346 e. The Kier molecular flexibility index (Phi) is 4.99. The summed E-state index contributed by atoms with van der Waals surface area (Å²) in [5.41, 5.74) is 5.83. The summed E-state index contributed by atoms with van der Waals surface area (Å²) >= 11 is 0. The minimum absolute atomic E-state index is 0.533. The van der Waals surface area contributed by atoms with Gasteiger partial charge in [-0.2, -0.15) is 0 Å². The Hall–Kier alpha value is -0.160. The average Bonchev–Trinajstić information content (AvgIpc) is 2.19. The fraction of sp³-hybridized carbons (Fsp3) is 1.00. The quantitative estimate of drug-likeness (QED) is 0.685. The number of nitrogens with two attached hydrogens (primary N) is 1. The molecular formula is C11H26N4. The molecule has 0 aromatic heterocycles. The van der Waals surface area contributed by atoms with E-state index in [1.807, 2.05) is 0 Å². The van der Waals surface area contributed by atoms with Gasteiger partial charge in [-0.05, 0) is 28.1 Å². The molecule has 0 spiro atoms. The number of nitrogens with zero attached hydrogens (tertiary/aromatic N) is 3. The van der Waals surface area contributed by atoms with Crippen LogP contribution in [-0.4, -0.2) is 80.7 Å². The molecule has 0 amide bonds. The van der Waals surface area contributed by atoms with Crippen molar-refractivity contribution in [2.24, 2.45) is 5.73 Å². The number of rotatable bonds is 4. The van der Waals surface area contributed by atoms with Gasteiger partial charge in [-0.1, -0.05) is 0 Å². The Morgan fingerprint density at radius 1 is 1.33 bits per heavy atom. The molecule has 2 atom stereocenters. The lowest BCUT2D eigenvalue weighted by Crippen LogP contribution is -2.59. The van der Waals surface area contributed by atoms with Gasteiger partial charge in [0.1, 0.15) is 0 Å². The number of hydrogen-bond donors (Lipinski definition) is 1. The van der Waals surface area contributed by atoms with E-state index in [0.29, 0.717) is 12.1 Å². The Bertz CT molecular complexity index is 183. The summed E-state index contributed by atoms with van der Waals surface area (Å²) in [6.07, 6.45) is 0. The van der Waals surface area contributed by atoms with Crippen molar-refractivity contribution in [2.75, 3.05) is 53.9 Å². The zero-order chi connectivity index (χ0) is 11.4. The van der Waals surface area contributed by atoms with E-state index in [0.717, 1.165) is 32.7 Å². The summed E-state index contributed by atoms with van der Waals surface area (Å²) in [4.78, 5) is 7.17. The van der Waals surface area contributed by atoms with E-state index in [9.17, 15) is 0 Å².